The predicted octanol–water partition coefficient (Wildman–Crippen LogP) is 7.03. The van der Waals surface area contributed by atoms with Crippen molar-refractivity contribution in [1.29, 1.82) is 0 Å². The smallest absolute Gasteiger partial charge is 0.418 e. The normalized spacial score (nSPS) is 17.1. The highest BCUT2D eigenvalue weighted by molar-refractivity contribution is 6.01. The Hall–Kier alpha value is -3.77. The molecule has 1 heterocycles. The Morgan fingerprint density at radius 1 is 1.12 bits per heavy atom. The van der Waals surface area contributed by atoms with Crippen LogP contribution in [-0.4, -0.2) is 37.1 Å². The van der Waals surface area contributed by atoms with Crippen LogP contribution in [0.1, 0.15) is 47.3 Å². The zero-order valence-corrected chi connectivity index (χ0v) is 21.3. The van der Waals surface area contributed by atoms with E-state index >= 15 is 0 Å². The van der Waals surface area contributed by atoms with Crippen molar-refractivity contribution in [2.45, 2.75) is 50.9 Å². The van der Waals surface area contributed by atoms with Crippen LogP contribution in [0.3, 0.4) is 0 Å². The lowest BCUT2D eigenvalue weighted by atomic mass is 9.86. The van der Waals surface area contributed by atoms with Gasteiger partial charge in [0.05, 0.1) is 18.2 Å². The second-order valence-electron chi connectivity index (χ2n) is 9.53. The van der Waals surface area contributed by atoms with Crippen LogP contribution in [0.25, 0.3) is 10.9 Å². The summed E-state index contributed by atoms with van der Waals surface area (Å²) in [6.45, 7) is -3.39. The lowest BCUT2D eigenvalue weighted by Gasteiger charge is -2.28. The monoisotopic (exact) mass is 573 g/mol. The lowest BCUT2D eigenvalue weighted by Crippen LogP contribution is -2.35. The van der Waals surface area contributed by atoms with E-state index < -0.39 is 59.5 Å². The number of hydrogen-bond donors (Lipinski definition) is 2. The number of carbonyl (C=O) groups excluding carboxylic acids is 1. The Kier molecular flexibility index (Phi) is 8.59. The Labute approximate surface area is 224 Å². The van der Waals surface area contributed by atoms with Gasteiger partial charge in [-0.2, -0.15) is 22.0 Å². The molecule has 1 fully saturated rings. The van der Waals surface area contributed by atoms with E-state index in [0.29, 0.717) is 30.2 Å². The molecule has 3 aromatic rings. The first-order chi connectivity index (χ1) is 18.8. The summed E-state index contributed by atoms with van der Waals surface area (Å²) in [6.07, 6.45) is -4.90. The van der Waals surface area contributed by atoms with E-state index in [9.17, 15) is 35.5 Å². The SMILES string of the molecule is COc1ccc(CNc2cc(C(=O)NC[C@H]3CCCC(F)(F)C3)nc3c(C(F)(F)F)cc(OC(F)F)cc23)cc1. The molecule has 1 aliphatic rings. The minimum atomic E-state index is -5.03. The summed E-state index contributed by atoms with van der Waals surface area (Å²) in [5.74, 6) is -4.35. The van der Waals surface area contributed by atoms with Crippen molar-refractivity contribution in [3.63, 3.8) is 0 Å². The summed E-state index contributed by atoms with van der Waals surface area (Å²) in [6, 6.07) is 9.30. The number of hydrogen-bond acceptors (Lipinski definition) is 5. The standard InChI is InChI=1S/C27H26F7N3O3/c1-39-17-6-4-15(5-7-17)13-35-21-11-22(24(38)36-14-16-3-2-8-26(30,31)12-16)37-23-19(21)9-18(40-25(28)29)10-20(23)27(32,33)34/h4-7,9-11,16,25H,2-3,8,12-14H2,1H3,(H,35,37)(H,36,38)/t16-/m0/s1. The van der Waals surface area contributed by atoms with E-state index in [1.807, 2.05) is 0 Å². The Balaban J connectivity index is 1.71. The Morgan fingerprint density at radius 3 is 2.48 bits per heavy atom. The van der Waals surface area contributed by atoms with Crippen LogP contribution in [0.15, 0.2) is 42.5 Å². The zero-order chi connectivity index (χ0) is 29.1. The largest absolute Gasteiger partial charge is 0.497 e. The van der Waals surface area contributed by atoms with Gasteiger partial charge in [-0.05, 0) is 54.7 Å². The van der Waals surface area contributed by atoms with Gasteiger partial charge in [0.1, 0.15) is 17.2 Å². The second-order valence-corrected chi connectivity index (χ2v) is 9.53. The first-order valence-electron chi connectivity index (χ1n) is 12.4. The van der Waals surface area contributed by atoms with E-state index in [2.05, 4.69) is 20.4 Å². The number of alkyl halides is 7. The highest BCUT2D eigenvalue weighted by Gasteiger charge is 2.37. The molecule has 6 nitrogen and oxygen atoms in total. The minimum absolute atomic E-state index is 0.000356. The highest BCUT2D eigenvalue weighted by atomic mass is 19.4. The average Bonchev–Trinajstić information content (AvgIpc) is 2.88. The number of carbonyl (C=O) groups is 1. The number of anilines is 1. The zero-order valence-electron chi connectivity index (χ0n) is 21.3. The van der Waals surface area contributed by atoms with Crippen LogP contribution in [0.5, 0.6) is 11.5 Å². The highest BCUT2D eigenvalue weighted by Crippen LogP contribution is 2.40. The van der Waals surface area contributed by atoms with Crippen molar-refractivity contribution >= 4 is 22.5 Å². The van der Waals surface area contributed by atoms with Crippen LogP contribution in [0.2, 0.25) is 0 Å². The summed E-state index contributed by atoms with van der Waals surface area (Å²) in [7, 11) is 1.49. The third kappa shape index (κ3) is 7.24. The molecule has 0 aliphatic heterocycles. The van der Waals surface area contributed by atoms with Gasteiger partial charge >= 0.3 is 12.8 Å². The first-order valence-corrected chi connectivity index (χ1v) is 12.4. The van der Waals surface area contributed by atoms with Gasteiger partial charge in [-0.25, -0.2) is 13.8 Å². The van der Waals surface area contributed by atoms with Gasteiger partial charge in [-0.1, -0.05) is 12.1 Å². The molecule has 0 bridgehead atoms. The van der Waals surface area contributed by atoms with Gasteiger partial charge < -0.3 is 20.1 Å². The quantitative estimate of drug-likeness (QED) is 0.269. The summed E-state index contributed by atoms with van der Waals surface area (Å²) >= 11 is 0. The molecular weight excluding hydrogens is 547 g/mol. The van der Waals surface area contributed by atoms with Crippen LogP contribution in [0.4, 0.5) is 36.4 Å². The van der Waals surface area contributed by atoms with Crippen LogP contribution in [-0.2, 0) is 12.7 Å². The minimum Gasteiger partial charge on any atom is -0.497 e. The van der Waals surface area contributed by atoms with E-state index in [0.717, 1.165) is 6.07 Å². The maximum Gasteiger partial charge on any atom is 0.418 e. The number of methoxy groups -OCH3 is 1. The summed E-state index contributed by atoms with van der Waals surface area (Å²) in [5.41, 5.74) is -1.75. The van der Waals surface area contributed by atoms with Gasteiger partial charge in [0, 0.05) is 37.0 Å². The number of fused-ring (bicyclic) bond motifs is 1. The van der Waals surface area contributed by atoms with Crippen molar-refractivity contribution < 1.29 is 45.0 Å². The van der Waals surface area contributed by atoms with Gasteiger partial charge in [0.25, 0.3) is 5.91 Å². The van der Waals surface area contributed by atoms with Crippen LogP contribution in [0, 0.1) is 5.92 Å². The van der Waals surface area contributed by atoms with Gasteiger partial charge in [0.2, 0.25) is 5.92 Å². The molecule has 0 spiro atoms. The molecule has 1 aromatic heterocycles. The number of halogens is 7. The number of rotatable bonds is 9. The summed E-state index contributed by atoms with van der Waals surface area (Å²) in [5, 5.41) is 5.23. The molecular formula is C27H26F7N3O3. The third-order valence-corrected chi connectivity index (χ3v) is 6.59. The van der Waals surface area contributed by atoms with Gasteiger partial charge in [0.15, 0.2) is 0 Å². The van der Waals surface area contributed by atoms with E-state index in [1.54, 1.807) is 24.3 Å². The lowest BCUT2D eigenvalue weighted by molar-refractivity contribution is -0.136. The van der Waals surface area contributed by atoms with Crippen molar-refractivity contribution in [2.75, 3.05) is 19.0 Å². The molecule has 2 N–H and O–H groups in total. The molecule has 13 heteroatoms. The molecule has 2 aromatic carbocycles. The molecule has 40 heavy (non-hydrogen) atoms. The average molecular weight is 574 g/mol. The third-order valence-electron chi connectivity index (χ3n) is 6.59. The molecule has 1 atom stereocenters. The number of ether oxygens (including phenoxy) is 2. The predicted molar refractivity (Wildman–Crippen MR) is 133 cm³/mol. The van der Waals surface area contributed by atoms with E-state index in [1.165, 1.54) is 13.2 Å². The van der Waals surface area contributed by atoms with Gasteiger partial charge in [-0.15, -0.1) is 0 Å². The van der Waals surface area contributed by atoms with Crippen molar-refractivity contribution in [2.24, 2.45) is 5.92 Å². The van der Waals surface area contributed by atoms with Crippen molar-refractivity contribution in [3.8, 4) is 11.5 Å². The van der Waals surface area contributed by atoms with Crippen LogP contribution < -0.4 is 20.1 Å². The fourth-order valence-electron chi connectivity index (χ4n) is 4.67. The fourth-order valence-corrected chi connectivity index (χ4v) is 4.67. The van der Waals surface area contributed by atoms with E-state index in [-0.39, 0.29) is 30.6 Å². The molecule has 1 aliphatic carbocycles. The molecule has 4 rings (SSSR count). The molecule has 0 unspecified atom stereocenters. The maximum absolute atomic E-state index is 14.0. The van der Waals surface area contributed by atoms with Crippen molar-refractivity contribution in [3.05, 3.63) is 59.3 Å². The van der Waals surface area contributed by atoms with Crippen LogP contribution >= 0.6 is 0 Å². The first kappa shape index (κ1) is 29.2. The number of benzene rings is 2. The number of pyridine rings is 1. The second kappa shape index (κ2) is 11.8. The fraction of sp³-hybridized carbons (Fsp3) is 0.407. The number of nitrogens with one attached hydrogen (secondary N) is 2. The number of amides is 1. The molecule has 1 saturated carbocycles. The Bertz CT molecular complexity index is 1350. The number of nitrogens with zero attached hydrogens (tertiary/aromatic N) is 1. The number of aromatic nitrogens is 1. The van der Waals surface area contributed by atoms with E-state index in [4.69, 9.17) is 4.74 Å². The molecule has 1 amide bonds. The Morgan fingerprint density at radius 2 is 1.85 bits per heavy atom. The summed E-state index contributed by atoms with van der Waals surface area (Å²) in [4.78, 5) is 16.9. The van der Waals surface area contributed by atoms with Gasteiger partial charge in [-0.3, -0.25) is 4.79 Å². The topological polar surface area (TPSA) is 72.5 Å². The molecule has 0 radical (unpaired) electrons. The van der Waals surface area contributed by atoms with Crippen molar-refractivity contribution in [1.82, 2.24) is 10.3 Å². The molecule has 216 valence electrons. The summed E-state index contributed by atoms with van der Waals surface area (Å²) < 4.78 is 105. The molecule has 0 saturated heterocycles. The maximum atomic E-state index is 14.0.